The van der Waals surface area contributed by atoms with E-state index in [1.165, 1.54) is 21.3 Å². The minimum atomic E-state index is -0.118. The van der Waals surface area contributed by atoms with Crippen LogP contribution in [-0.4, -0.2) is 40.3 Å². The maximum Gasteiger partial charge on any atom is 0.238 e. The molecule has 0 fully saturated rings. The Balaban J connectivity index is 2.82. The number of ether oxygens (including phenoxy) is 3. The van der Waals surface area contributed by atoms with Crippen LogP contribution in [0.25, 0.3) is 0 Å². The molecule has 6 nitrogen and oxygen atoms in total. The van der Waals surface area contributed by atoms with Gasteiger partial charge in [0.2, 0.25) is 11.7 Å². The number of amides is 1. The monoisotopic (exact) mass is 282 g/mol. The minimum absolute atomic E-state index is 0.118. The second-order valence-corrected chi connectivity index (χ2v) is 4.14. The highest BCUT2D eigenvalue weighted by atomic mass is 16.5. The number of carbonyl (C=O) groups is 1. The van der Waals surface area contributed by atoms with Gasteiger partial charge < -0.3 is 24.8 Å². The summed E-state index contributed by atoms with van der Waals surface area (Å²) in [4.78, 5) is 11.8. The van der Waals surface area contributed by atoms with Crippen molar-refractivity contribution in [2.45, 2.75) is 13.3 Å². The fourth-order valence-corrected chi connectivity index (χ4v) is 1.74. The lowest BCUT2D eigenvalue weighted by Gasteiger charge is -2.14. The minimum Gasteiger partial charge on any atom is -0.493 e. The Morgan fingerprint density at radius 2 is 1.70 bits per heavy atom. The number of carbonyl (C=O) groups excluding carboxylic acids is 1. The Morgan fingerprint density at radius 3 is 2.15 bits per heavy atom. The normalized spacial score (nSPS) is 10.0. The van der Waals surface area contributed by atoms with E-state index in [1.54, 1.807) is 12.1 Å². The maximum absolute atomic E-state index is 11.8. The van der Waals surface area contributed by atoms with Gasteiger partial charge in [-0.05, 0) is 13.0 Å². The van der Waals surface area contributed by atoms with Crippen molar-refractivity contribution < 1.29 is 19.0 Å². The molecule has 1 rings (SSSR count). The van der Waals surface area contributed by atoms with Crippen molar-refractivity contribution in [3.05, 3.63) is 12.1 Å². The van der Waals surface area contributed by atoms with Crippen LogP contribution in [0, 0.1) is 0 Å². The summed E-state index contributed by atoms with van der Waals surface area (Å²) in [5, 5.41) is 5.82. The number of anilines is 1. The quantitative estimate of drug-likeness (QED) is 0.710. The topological polar surface area (TPSA) is 68.8 Å². The Labute approximate surface area is 119 Å². The van der Waals surface area contributed by atoms with Gasteiger partial charge in [0.15, 0.2) is 11.5 Å². The summed E-state index contributed by atoms with van der Waals surface area (Å²) in [5.41, 5.74) is 0.600. The standard InChI is InChI=1S/C14H22N2O4/c1-5-6-15-9-13(17)16-10-7-11(18-2)14(20-4)12(8-10)19-3/h7-8,15H,5-6,9H2,1-4H3,(H,16,17). The van der Waals surface area contributed by atoms with Crippen molar-refractivity contribution in [1.82, 2.24) is 5.32 Å². The molecule has 0 aromatic heterocycles. The van der Waals surface area contributed by atoms with Crippen molar-refractivity contribution in [3.63, 3.8) is 0 Å². The zero-order chi connectivity index (χ0) is 15.0. The lowest BCUT2D eigenvalue weighted by atomic mass is 10.2. The molecule has 0 saturated heterocycles. The number of rotatable bonds is 8. The molecule has 1 aromatic carbocycles. The molecular weight excluding hydrogens is 260 g/mol. The third kappa shape index (κ3) is 4.31. The van der Waals surface area contributed by atoms with Crippen LogP contribution in [0.2, 0.25) is 0 Å². The van der Waals surface area contributed by atoms with Crippen molar-refractivity contribution in [1.29, 1.82) is 0 Å². The van der Waals surface area contributed by atoms with E-state index in [2.05, 4.69) is 10.6 Å². The zero-order valence-electron chi connectivity index (χ0n) is 12.4. The lowest BCUT2D eigenvalue weighted by molar-refractivity contribution is -0.115. The van der Waals surface area contributed by atoms with Crippen LogP contribution >= 0.6 is 0 Å². The molecule has 112 valence electrons. The average molecular weight is 282 g/mol. The Bertz CT molecular complexity index is 424. The average Bonchev–Trinajstić information content (AvgIpc) is 2.46. The highest BCUT2D eigenvalue weighted by Gasteiger charge is 2.14. The van der Waals surface area contributed by atoms with E-state index in [-0.39, 0.29) is 12.5 Å². The molecule has 0 unspecified atom stereocenters. The number of benzene rings is 1. The molecule has 0 spiro atoms. The molecule has 0 aliphatic carbocycles. The molecule has 0 heterocycles. The van der Waals surface area contributed by atoms with Gasteiger partial charge in [0.1, 0.15) is 0 Å². The zero-order valence-corrected chi connectivity index (χ0v) is 12.4. The third-order valence-electron chi connectivity index (χ3n) is 2.66. The number of hydrogen-bond donors (Lipinski definition) is 2. The van der Waals surface area contributed by atoms with Crippen molar-refractivity contribution >= 4 is 11.6 Å². The Hall–Kier alpha value is -1.95. The predicted octanol–water partition coefficient (Wildman–Crippen LogP) is 1.65. The van der Waals surface area contributed by atoms with Gasteiger partial charge in [-0.2, -0.15) is 0 Å². The van der Waals surface area contributed by atoms with Crippen LogP contribution in [0.5, 0.6) is 17.2 Å². The summed E-state index contributed by atoms with van der Waals surface area (Å²) in [6, 6.07) is 3.39. The first-order chi connectivity index (χ1) is 9.65. The first-order valence-electron chi connectivity index (χ1n) is 6.46. The summed E-state index contributed by atoms with van der Waals surface area (Å²) in [7, 11) is 4.60. The van der Waals surface area contributed by atoms with Crippen LogP contribution in [-0.2, 0) is 4.79 Å². The summed E-state index contributed by atoms with van der Waals surface area (Å²) in [5.74, 6) is 1.39. The molecule has 1 aromatic rings. The molecule has 1 amide bonds. The van der Waals surface area contributed by atoms with Crippen LogP contribution < -0.4 is 24.8 Å². The van der Waals surface area contributed by atoms with Gasteiger partial charge in [0.05, 0.1) is 27.9 Å². The molecule has 0 aliphatic rings. The smallest absolute Gasteiger partial charge is 0.238 e. The van der Waals surface area contributed by atoms with E-state index in [0.29, 0.717) is 22.9 Å². The van der Waals surface area contributed by atoms with Crippen LogP contribution in [0.1, 0.15) is 13.3 Å². The highest BCUT2D eigenvalue weighted by molar-refractivity contribution is 5.93. The van der Waals surface area contributed by atoms with E-state index in [0.717, 1.165) is 13.0 Å². The molecule has 20 heavy (non-hydrogen) atoms. The van der Waals surface area contributed by atoms with Crippen molar-refractivity contribution in [3.8, 4) is 17.2 Å². The molecule has 0 saturated carbocycles. The predicted molar refractivity (Wildman–Crippen MR) is 77.9 cm³/mol. The van der Waals surface area contributed by atoms with E-state index < -0.39 is 0 Å². The fourth-order valence-electron chi connectivity index (χ4n) is 1.74. The largest absolute Gasteiger partial charge is 0.493 e. The van der Waals surface area contributed by atoms with E-state index >= 15 is 0 Å². The molecular formula is C14H22N2O4. The summed E-state index contributed by atoms with van der Waals surface area (Å²) >= 11 is 0. The van der Waals surface area contributed by atoms with Gasteiger partial charge in [0.25, 0.3) is 0 Å². The maximum atomic E-state index is 11.8. The molecule has 2 N–H and O–H groups in total. The number of methoxy groups -OCH3 is 3. The van der Waals surface area contributed by atoms with Crippen molar-refractivity contribution in [2.75, 3.05) is 39.7 Å². The van der Waals surface area contributed by atoms with E-state index in [9.17, 15) is 4.79 Å². The molecule has 0 aliphatic heterocycles. The molecule has 0 atom stereocenters. The second kappa shape index (κ2) is 8.27. The van der Waals surface area contributed by atoms with E-state index in [1.807, 2.05) is 6.92 Å². The highest BCUT2D eigenvalue weighted by Crippen LogP contribution is 2.39. The third-order valence-corrected chi connectivity index (χ3v) is 2.66. The van der Waals surface area contributed by atoms with Gasteiger partial charge in [0, 0.05) is 17.8 Å². The van der Waals surface area contributed by atoms with Crippen molar-refractivity contribution in [2.24, 2.45) is 0 Å². The Kier molecular flexibility index (Phi) is 6.66. The first kappa shape index (κ1) is 16.1. The molecule has 0 bridgehead atoms. The summed E-state index contributed by atoms with van der Waals surface area (Å²) < 4.78 is 15.7. The summed E-state index contributed by atoms with van der Waals surface area (Å²) in [6.45, 7) is 3.12. The lowest BCUT2D eigenvalue weighted by Crippen LogP contribution is -2.28. The van der Waals surface area contributed by atoms with Gasteiger partial charge in [-0.3, -0.25) is 4.79 Å². The van der Waals surface area contributed by atoms with Crippen LogP contribution in [0.15, 0.2) is 12.1 Å². The van der Waals surface area contributed by atoms with Gasteiger partial charge >= 0.3 is 0 Å². The van der Waals surface area contributed by atoms with Gasteiger partial charge in [-0.25, -0.2) is 0 Å². The number of nitrogens with one attached hydrogen (secondary N) is 2. The first-order valence-corrected chi connectivity index (χ1v) is 6.46. The molecule has 0 radical (unpaired) electrons. The Morgan fingerprint density at radius 1 is 1.10 bits per heavy atom. The van der Waals surface area contributed by atoms with Gasteiger partial charge in [-0.1, -0.05) is 6.92 Å². The van der Waals surface area contributed by atoms with E-state index in [4.69, 9.17) is 14.2 Å². The fraction of sp³-hybridized carbons (Fsp3) is 0.500. The second-order valence-electron chi connectivity index (χ2n) is 4.14. The van der Waals surface area contributed by atoms with Gasteiger partial charge in [-0.15, -0.1) is 0 Å². The SMILES string of the molecule is CCCNCC(=O)Nc1cc(OC)c(OC)c(OC)c1. The van der Waals surface area contributed by atoms with Crippen LogP contribution in [0.3, 0.4) is 0 Å². The molecule has 6 heteroatoms. The number of hydrogen-bond acceptors (Lipinski definition) is 5. The van der Waals surface area contributed by atoms with Crippen LogP contribution in [0.4, 0.5) is 5.69 Å². The summed E-state index contributed by atoms with van der Waals surface area (Å²) in [6.07, 6.45) is 0.984.